The fourth-order valence-corrected chi connectivity index (χ4v) is 2.63. The van der Waals surface area contributed by atoms with Crippen molar-refractivity contribution in [2.75, 3.05) is 25.6 Å². The molecule has 0 saturated heterocycles. The molecule has 1 aromatic carbocycles. The van der Waals surface area contributed by atoms with Gasteiger partial charge >= 0.3 is 0 Å². The first kappa shape index (κ1) is 13.1. The zero-order chi connectivity index (χ0) is 14.1. The molecule has 1 aliphatic heterocycles. The smallest absolute Gasteiger partial charge is 0.148 e. The maximum atomic E-state index is 13.8. The summed E-state index contributed by atoms with van der Waals surface area (Å²) in [4.78, 5) is 4.66. The lowest BCUT2D eigenvalue weighted by Gasteiger charge is -2.22. The number of pyridine rings is 1. The molecular formula is C15H17FN2O2. The minimum Gasteiger partial charge on any atom is -0.494 e. The zero-order valence-electron chi connectivity index (χ0n) is 11.6. The zero-order valence-corrected chi connectivity index (χ0v) is 11.6. The van der Waals surface area contributed by atoms with Crippen molar-refractivity contribution < 1.29 is 13.9 Å². The molecule has 2 heterocycles. The number of aromatic nitrogens is 1. The number of halogens is 1. The summed E-state index contributed by atoms with van der Waals surface area (Å²) >= 11 is 0. The monoisotopic (exact) mass is 276 g/mol. The Morgan fingerprint density at radius 3 is 3.05 bits per heavy atom. The predicted molar refractivity (Wildman–Crippen MR) is 75.8 cm³/mol. The second kappa shape index (κ2) is 5.25. The lowest BCUT2D eigenvalue weighted by molar-refractivity contribution is 0.110. The second-order valence-corrected chi connectivity index (χ2v) is 4.75. The van der Waals surface area contributed by atoms with Crippen LogP contribution in [0.2, 0.25) is 0 Å². The minimum atomic E-state index is -0.327. The molecule has 4 nitrogen and oxygen atoms in total. The first-order valence-corrected chi connectivity index (χ1v) is 6.75. The van der Waals surface area contributed by atoms with Crippen LogP contribution in [0.5, 0.6) is 5.75 Å². The average Bonchev–Trinajstić information content (AvgIpc) is 2.47. The summed E-state index contributed by atoms with van der Waals surface area (Å²) in [7, 11) is 1.53. The maximum absolute atomic E-state index is 13.8. The molecule has 3 rings (SSSR count). The Bertz CT molecular complexity index is 658. The van der Waals surface area contributed by atoms with Crippen LogP contribution in [0, 0.1) is 5.82 Å². The van der Waals surface area contributed by atoms with Gasteiger partial charge in [-0.2, -0.15) is 0 Å². The van der Waals surface area contributed by atoms with Gasteiger partial charge in [0.15, 0.2) is 0 Å². The van der Waals surface area contributed by atoms with Crippen molar-refractivity contribution in [1.82, 2.24) is 4.98 Å². The molecule has 1 aliphatic rings. The summed E-state index contributed by atoms with van der Waals surface area (Å²) in [5.74, 6) is 0.139. The first-order valence-electron chi connectivity index (χ1n) is 6.75. The molecule has 106 valence electrons. The molecule has 1 aromatic heterocycles. The van der Waals surface area contributed by atoms with Gasteiger partial charge in [0, 0.05) is 30.0 Å². The van der Waals surface area contributed by atoms with Gasteiger partial charge in [0.25, 0.3) is 0 Å². The predicted octanol–water partition coefficient (Wildman–Crippen LogP) is 2.89. The lowest BCUT2D eigenvalue weighted by atomic mass is 10.0. The fraction of sp³-hybridized carbons (Fsp3) is 0.400. The van der Waals surface area contributed by atoms with Gasteiger partial charge in [-0.3, -0.25) is 0 Å². The van der Waals surface area contributed by atoms with E-state index in [2.05, 4.69) is 10.3 Å². The number of methoxy groups -OCH3 is 1. The molecule has 2 aromatic rings. The van der Waals surface area contributed by atoms with Gasteiger partial charge in [0.2, 0.25) is 0 Å². The van der Waals surface area contributed by atoms with Crippen molar-refractivity contribution in [1.29, 1.82) is 0 Å². The fourth-order valence-electron chi connectivity index (χ4n) is 2.63. The van der Waals surface area contributed by atoms with Gasteiger partial charge in [0.05, 0.1) is 31.7 Å². The summed E-state index contributed by atoms with van der Waals surface area (Å²) < 4.78 is 24.6. The molecule has 0 radical (unpaired) electrons. The Kier molecular flexibility index (Phi) is 3.44. The highest BCUT2D eigenvalue weighted by molar-refractivity contribution is 5.97. The van der Waals surface area contributed by atoms with Gasteiger partial charge < -0.3 is 14.8 Å². The van der Waals surface area contributed by atoms with E-state index in [1.807, 2.05) is 6.92 Å². The molecule has 1 N–H and O–H groups in total. The minimum absolute atomic E-state index is 0.327. The number of hydrogen-bond acceptors (Lipinski definition) is 4. The Morgan fingerprint density at radius 2 is 2.30 bits per heavy atom. The lowest BCUT2D eigenvalue weighted by Crippen LogP contribution is -2.15. The number of nitrogens with zero attached hydrogens (tertiary/aromatic N) is 1. The van der Waals surface area contributed by atoms with E-state index in [1.54, 1.807) is 0 Å². The van der Waals surface area contributed by atoms with Crippen LogP contribution in [0.3, 0.4) is 0 Å². The molecule has 5 heteroatoms. The van der Waals surface area contributed by atoms with E-state index >= 15 is 0 Å². The van der Waals surface area contributed by atoms with Crippen molar-refractivity contribution in [3.63, 3.8) is 0 Å². The van der Waals surface area contributed by atoms with Gasteiger partial charge in [0.1, 0.15) is 17.1 Å². The normalized spacial score (nSPS) is 14.2. The average molecular weight is 276 g/mol. The molecule has 0 saturated carbocycles. The van der Waals surface area contributed by atoms with Gasteiger partial charge in [-0.05, 0) is 13.0 Å². The molecule has 0 unspecified atom stereocenters. The van der Waals surface area contributed by atoms with Crippen molar-refractivity contribution in [2.45, 2.75) is 20.0 Å². The third kappa shape index (κ3) is 2.08. The standard InChI is InChI=1S/C15H17FN2O2/c1-3-17-14-10-6-9(16)7-13(19-2)15(10)18-12-4-5-20-8-11(12)14/h6-7H,3-5,8H2,1-2H3,(H,17,18). The number of hydrogen-bond donors (Lipinski definition) is 1. The van der Waals surface area contributed by atoms with Crippen LogP contribution in [0.25, 0.3) is 10.9 Å². The van der Waals surface area contributed by atoms with Crippen molar-refractivity contribution in [3.8, 4) is 5.75 Å². The van der Waals surface area contributed by atoms with E-state index in [1.165, 1.54) is 19.2 Å². The molecular weight excluding hydrogens is 259 g/mol. The van der Waals surface area contributed by atoms with Crippen LogP contribution in [-0.4, -0.2) is 25.2 Å². The van der Waals surface area contributed by atoms with Crippen LogP contribution in [0.1, 0.15) is 18.2 Å². The molecule has 20 heavy (non-hydrogen) atoms. The number of benzene rings is 1. The summed E-state index contributed by atoms with van der Waals surface area (Å²) in [6.07, 6.45) is 0.768. The first-order chi connectivity index (χ1) is 9.74. The number of fused-ring (bicyclic) bond motifs is 2. The second-order valence-electron chi connectivity index (χ2n) is 4.75. The van der Waals surface area contributed by atoms with E-state index in [0.717, 1.165) is 35.3 Å². The van der Waals surface area contributed by atoms with Crippen LogP contribution < -0.4 is 10.1 Å². The van der Waals surface area contributed by atoms with Crippen molar-refractivity contribution in [3.05, 3.63) is 29.2 Å². The van der Waals surface area contributed by atoms with Gasteiger partial charge in [-0.15, -0.1) is 0 Å². The molecule has 0 aliphatic carbocycles. The van der Waals surface area contributed by atoms with Gasteiger partial charge in [-0.1, -0.05) is 0 Å². The van der Waals surface area contributed by atoms with Crippen LogP contribution in [-0.2, 0) is 17.8 Å². The number of nitrogens with one attached hydrogen (secondary N) is 1. The van der Waals surface area contributed by atoms with Gasteiger partial charge in [-0.25, -0.2) is 9.37 Å². The molecule has 0 amide bonds. The van der Waals surface area contributed by atoms with E-state index in [0.29, 0.717) is 24.5 Å². The largest absolute Gasteiger partial charge is 0.494 e. The van der Waals surface area contributed by atoms with E-state index in [9.17, 15) is 4.39 Å². The third-order valence-corrected chi connectivity index (χ3v) is 3.51. The SMILES string of the molecule is CCNc1c2c(nc3c(OC)cc(F)cc13)CCOC2. The van der Waals surface area contributed by atoms with Crippen molar-refractivity contribution in [2.24, 2.45) is 0 Å². The summed E-state index contributed by atoms with van der Waals surface area (Å²) in [5.41, 5.74) is 3.64. The van der Waals surface area contributed by atoms with Crippen LogP contribution >= 0.6 is 0 Å². The van der Waals surface area contributed by atoms with E-state index in [4.69, 9.17) is 9.47 Å². The highest BCUT2D eigenvalue weighted by atomic mass is 19.1. The maximum Gasteiger partial charge on any atom is 0.148 e. The summed E-state index contributed by atoms with van der Waals surface area (Å²) in [6.45, 7) is 3.95. The Labute approximate surface area is 116 Å². The van der Waals surface area contributed by atoms with E-state index in [-0.39, 0.29) is 5.82 Å². The van der Waals surface area contributed by atoms with Crippen molar-refractivity contribution >= 4 is 16.6 Å². The highest BCUT2D eigenvalue weighted by Gasteiger charge is 2.20. The Balaban J connectivity index is 2.35. The Hall–Kier alpha value is -1.88. The number of rotatable bonds is 3. The summed E-state index contributed by atoms with van der Waals surface area (Å²) in [5, 5.41) is 4.06. The van der Waals surface area contributed by atoms with Crippen LogP contribution in [0.4, 0.5) is 10.1 Å². The highest BCUT2D eigenvalue weighted by Crippen LogP contribution is 2.36. The molecule has 0 atom stereocenters. The quantitative estimate of drug-likeness (QED) is 0.936. The topological polar surface area (TPSA) is 43.4 Å². The van der Waals surface area contributed by atoms with Crippen LogP contribution in [0.15, 0.2) is 12.1 Å². The number of anilines is 1. The van der Waals surface area contributed by atoms with E-state index < -0.39 is 0 Å². The molecule has 0 fully saturated rings. The third-order valence-electron chi connectivity index (χ3n) is 3.51. The summed E-state index contributed by atoms with van der Waals surface area (Å²) in [6, 6.07) is 2.87. The molecule has 0 spiro atoms. The number of ether oxygens (including phenoxy) is 2. The molecule has 0 bridgehead atoms. The Morgan fingerprint density at radius 1 is 1.45 bits per heavy atom.